The monoisotopic (exact) mass is 233 g/mol. The first-order valence-corrected chi connectivity index (χ1v) is 4.03. The van der Waals surface area contributed by atoms with Crippen LogP contribution in [-0.2, 0) is 0 Å². The van der Waals surface area contributed by atoms with Crippen LogP contribution in [0.3, 0.4) is 0 Å². The molecule has 0 bridgehead atoms. The SMILES string of the molecule is ON=Cc1ccc(Br)c(Cl)c1. The topological polar surface area (TPSA) is 32.6 Å². The van der Waals surface area contributed by atoms with E-state index in [1.165, 1.54) is 6.21 Å². The third kappa shape index (κ3) is 2.20. The van der Waals surface area contributed by atoms with Crippen LogP contribution in [-0.4, -0.2) is 11.4 Å². The van der Waals surface area contributed by atoms with Crippen LogP contribution >= 0.6 is 27.5 Å². The molecule has 1 N–H and O–H groups in total. The molecule has 4 heteroatoms. The molecule has 0 aliphatic heterocycles. The second kappa shape index (κ2) is 3.74. The first-order chi connectivity index (χ1) is 5.24. The van der Waals surface area contributed by atoms with E-state index < -0.39 is 0 Å². The molecule has 0 fully saturated rings. The van der Waals surface area contributed by atoms with E-state index in [2.05, 4.69) is 21.1 Å². The van der Waals surface area contributed by atoms with Crippen LogP contribution in [0.15, 0.2) is 27.8 Å². The van der Waals surface area contributed by atoms with Crippen molar-refractivity contribution in [3.05, 3.63) is 33.3 Å². The maximum atomic E-state index is 8.19. The fourth-order valence-corrected chi connectivity index (χ4v) is 1.09. The van der Waals surface area contributed by atoms with Gasteiger partial charge in [0.25, 0.3) is 0 Å². The quantitative estimate of drug-likeness (QED) is 0.452. The summed E-state index contributed by atoms with van der Waals surface area (Å²) in [6.07, 6.45) is 1.32. The summed E-state index contributed by atoms with van der Waals surface area (Å²) in [5.41, 5.74) is 0.765. The van der Waals surface area contributed by atoms with Gasteiger partial charge < -0.3 is 5.21 Å². The minimum absolute atomic E-state index is 0.599. The van der Waals surface area contributed by atoms with Crippen LogP contribution in [0.1, 0.15) is 5.56 Å². The highest BCUT2D eigenvalue weighted by molar-refractivity contribution is 9.10. The molecule has 0 amide bonds. The van der Waals surface area contributed by atoms with Crippen molar-refractivity contribution < 1.29 is 5.21 Å². The van der Waals surface area contributed by atoms with Crippen LogP contribution < -0.4 is 0 Å². The van der Waals surface area contributed by atoms with E-state index in [-0.39, 0.29) is 0 Å². The van der Waals surface area contributed by atoms with E-state index in [1.807, 2.05) is 0 Å². The highest BCUT2D eigenvalue weighted by atomic mass is 79.9. The molecular formula is C7H5BrClNO. The first-order valence-electron chi connectivity index (χ1n) is 2.86. The minimum Gasteiger partial charge on any atom is -0.411 e. The number of nitrogens with zero attached hydrogens (tertiary/aromatic N) is 1. The number of oxime groups is 1. The molecule has 0 heterocycles. The molecule has 0 aromatic heterocycles. The minimum atomic E-state index is 0.599. The average molecular weight is 234 g/mol. The van der Waals surface area contributed by atoms with Gasteiger partial charge in [0.2, 0.25) is 0 Å². The number of rotatable bonds is 1. The Bertz CT molecular complexity index is 288. The van der Waals surface area contributed by atoms with Crippen LogP contribution in [0.2, 0.25) is 5.02 Å². The van der Waals surface area contributed by atoms with Gasteiger partial charge in [-0.1, -0.05) is 22.8 Å². The van der Waals surface area contributed by atoms with Crippen LogP contribution in [0.5, 0.6) is 0 Å². The van der Waals surface area contributed by atoms with Gasteiger partial charge in [0, 0.05) is 4.47 Å². The molecule has 0 unspecified atom stereocenters. The van der Waals surface area contributed by atoms with E-state index in [0.717, 1.165) is 10.0 Å². The van der Waals surface area contributed by atoms with Crippen molar-refractivity contribution in [3.63, 3.8) is 0 Å². The molecule has 0 atom stereocenters. The molecule has 1 rings (SSSR count). The second-order valence-electron chi connectivity index (χ2n) is 1.92. The number of halogens is 2. The Morgan fingerprint density at radius 3 is 2.82 bits per heavy atom. The Morgan fingerprint density at radius 1 is 1.55 bits per heavy atom. The summed E-state index contributed by atoms with van der Waals surface area (Å²) in [7, 11) is 0. The summed E-state index contributed by atoms with van der Waals surface area (Å²) in [4.78, 5) is 0. The summed E-state index contributed by atoms with van der Waals surface area (Å²) in [5.74, 6) is 0. The van der Waals surface area contributed by atoms with Crippen molar-refractivity contribution in [1.29, 1.82) is 0 Å². The Morgan fingerprint density at radius 2 is 2.27 bits per heavy atom. The maximum Gasteiger partial charge on any atom is 0.0734 e. The van der Waals surface area contributed by atoms with Gasteiger partial charge in [-0.2, -0.15) is 0 Å². The lowest BCUT2D eigenvalue weighted by Crippen LogP contribution is -1.80. The summed E-state index contributed by atoms with van der Waals surface area (Å²) >= 11 is 9.00. The molecule has 2 nitrogen and oxygen atoms in total. The van der Waals surface area contributed by atoms with Crippen molar-refractivity contribution >= 4 is 33.7 Å². The molecular weight excluding hydrogens is 229 g/mol. The Hall–Kier alpha value is -0.540. The predicted octanol–water partition coefficient (Wildman–Crippen LogP) is 2.91. The van der Waals surface area contributed by atoms with Crippen molar-refractivity contribution in [3.8, 4) is 0 Å². The van der Waals surface area contributed by atoms with Gasteiger partial charge in [-0.25, -0.2) is 0 Å². The van der Waals surface area contributed by atoms with Gasteiger partial charge in [0.05, 0.1) is 11.2 Å². The molecule has 58 valence electrons. The van der Waals surface area contributed by atoms with Gasteiger partial charge in [0.15, 0.2) is 0 Å². The smallest absolute Gasteiger partial charge is 0.0734 e. The average Bonchev–Trinajstić information content (AvgIpc) is 1.98. The third-order valence-corrected chi connectivity index (χ3v) is 2.38. The van der Waals surface area contributed by atoms with Crippen LogP contribution in [0, 0.1) is 0 Å². The van der Waals surface area contributed by atoms with E-state index in [4.69, 9.17) is 16.8 Å². The first kappa shape index (κ1) is 8.56. The van der Waals surface area contributed by atoms with Gasteiger partial charge in [0.1, 0.15) is 0 Å². The summed E-state index contributed by atoms with van der Waals surface area (Å²) in [5, 5.41) is 11.7. The Balaban J connectivity index is 3.05. The highest BCUT2D eigenvalue weighted by Gasteiger charge is 1.95. The summed E-state index contributed by atoms with van der Waals surface area (Å²) < 4.78 is 0.828. The fraction of sp³-hybridized carbons (Fsp3) is 0. The molecule has 0 saturated heterocycles. The van der Waals surface area contributed by atoms with Crippen molar-refractivity contribution in [2.24, 2.45) is 5.16 Å². The number of hydrogen-bond acceptors (Lipinski definition) is 2. The van der Waals surface area contributed by atoms with Gasteiger partial charge >= 0.3 is 0 Å². The summed E-state index contributed by atoms with van der Waals surface area (Å²) in [6, 6.07) is 5.28. The lowest BCUT2D eigenvalue weighted by molar-refractivity contribution is 0.322. The van der Waals surface area contributed by atoms with Crippen molar-refractivity contribution in [1.82, 2.24) is 0 Å². The number of benzene rings is 1. The largest absolute Gasteiger partial charge is 0.411 e. The van der Waals surface area contributed by atoms with E-state index in [0.29, 0.717) is 5.02 Å². The molecule has 0 saturated carbocycles. The van der Waals surface area contributed by atoms with Crippen LogP contribution in [0.25, 0.3) is 0 Å². The zero-order valence-corrected chi connectivity index (χ0v) is 7.80. The normalized spacial score (nSPS) is 10.7. The lowest BCUT2D eigenvalue weighted by Gasteiger charge is -1.95. The molecule has 1 aromatic rings. The lowest BCUT2D eigenvalue weighted by atomic mass is 10.2. The molecule has 1 aromatic carbocycles. The standard InChI is InChI=1S/C7H5BrClNO/c8-6-2-1-5(4-10-11)3-7(6)9/h1-4,11H. The third-order valence-electron chi connectivity index (χ3n) is 1.15. The molecule has 11 heavy (non-hydrogen) atoms. The maximum absolute atomic E-state index is 8.19. The van der Waals surface area contributed by atoms with E-state index in [9.17, 15) is 0 Å². The van der Waals surface area contributed by atoms with Crippen LogP contribution in [0.4, 0.5) is 0 Å². The predicted molar refractivity (Wildman–Crippen MR) is 48.5 cm³/mol. The Labute approximate surface area is 77.6 Å². The highest BCUT2D eigenvalue weighted by Crippen LogP contribution is 2.22. The van der Waals surface area contributed by atoms with Gasteiger partial charge in [-0.15, -0.1) is 0 Å². The zero-order valence-electron chi connectivity index (χ0n) is 5.46. The zero-order chi connectivity index (χ0) is 8.27. The second-order valence-corrected chi connectivity index (χ2v) is 3.18. The van der Waals surface area contributed by atoms with E-state index >= 15 is 0 Å². The van der Waals surface area contributed by atoms with Gasteiger partial charge in [-0.05, 0) is 33.6 Å². The number of hydrogen-bond donors (Lipinski definition) is 1. The van der Waals surface area contributed by atoms with Crippen molar-refractivity contribution in [2.75, 3.05) is 0 Å². The van der Waals surface area contributed by atoms with Crippen molar-refractivity contribution in [2.45, 2.75) is 0 Å². The fourth-order valence-electron chi connectivity index (χ4n) is 0.659. The van der Waals surface area contributed by atoms with E-state index in [1.54, 1.807) is 18.2 Å². The molecule has 0 aliphatic carbocycles. The van der Waals surface area contributed by atoms with Gasteiger partial charge in [-0.3, -0.25) is 0 Å². The molecule has 0 radical (unpaired) electrons. The molecule has 0 aliphatic rings. The summed E-state index contributed by atoms with van der Waals surface area (Å²) in [6.45, 7) is 0. The molecule has 0 spiro atoms. The Kier molecular flexibility index (Phi) is 2.91.